The van der Waals surface area contributed by atoms with Crippen molar-refractivity contribution < 1.29 is 9.53 Å². The Kier molecular flexibility index (Phi) is 3.92. The predicted octanol–water partition coefficient (Wildman–Crippen LogP) is 1.20. The molecule has 0 atom stereocenters. The van der Waals surface area contributed by atoms with E-state index in [0.29, 0.717) is 26.3 Å². The van der Waals surface area contributed by atoms with Crippen molar-refractivity contribution in [1.82, 2.24) is 5.32 Å². The molecular formula is C15H22N2O2. The highest BCUT2D eigenvalue weighted by atomic mass is 16.5. The van der Waals surface area contributed by atoms with Gasteiger partial charge in [0.25, 0.3) is 0 Å². The van der Waals surface area contributed by atoms with Gasteiger partial charge in [-0.3, -0.25) is 4.79 Å². The van der Waals surface area contributed by atoms with E-state index < -0.39 is 5.41 Å². The number of rotatable bonds is 4. The maximum Gasteiger partial charge on any atom is 0.232 e. The van der Waals surface area contributed by atoms with E-state index in [9.17, 15) is 4.79 Å². The molecule has 1 aliphatic rings. The highest BCUT2D eigenvalue weighted by Crippen LogP contribution is 2.26. The van der Waals surface area contributed by atoms with Gasteiger partial charge in [-0.2, -0.15) is 0 Å². The lowest BCUT2D eigenvalue weighted by Crippen LogP contribution is -2.58. The van der Waals surface area contributed by atoms with E-state index >= 15 is 0 Å². The first-order chi connectivity index (χ1) is 8.98. The summed E-state index contributed by atoms with van der Waals surface area (Å²) in [5.74, 6) is 0.000579. The minimum Gasteiger partial charge on any atom is -0.379 e. The Morgan fingerprint density at radius 2 is 1.89 bits per heavy atom. The molecule has 1 saturated heterocycles. The van der Waals surface area contributed by atoms with Gasteiger partial charge in [-0.1, -0.05) is 17.7 Å². The van der Waals surface area contributed by atoms with Crippen LogP contribution in [0.4, 0.5) is 0 Å². The molecule has 1 aromatic carbocycles. The quantitative estimate of drug-likeness (QED) is 0.857. The van der Waals surface area contributed by atoms with Gasteiger partial charge in [0, 0.05) is 13.1 Å². The Labute approximate surface area is 114 Å². The fourth-order valence-corrected chi connectivity index (χ4v) is 2.54. The maximum absolute atomic E-state index is 12.2. The van der Waals surface area contributed by atoms with Crippen LogP contribution in [0.3, 0.4) is 0 Å². The lowest BCUT2D eigenvalue weighted by Gasteiger charge is -2.38. The fraction of sp³-hybridized carbons (Fsp3) is 0.533. The first kappa shape index (κ1) is 14.0. The van der Waals surface area contributed by atoms with Gasteiger partial charge in [-0.25, -0.2) is 0 Å². The van der Waals surface area contributed by atoms with E-state index in [1.54, 1.807) is 0 Å². The van der Waals surface area contributed by atoms with E-state index in [2.05, 4.69) is 38.2 Å². The van der Waals surface area contributed by atoms with Gasteiger partial charge >= 0.3 is 0 Å². The summed E-state index contributed by atoms with van der Waals surface area (Å²) in [6.45, 7) is 7.99. The average molecular weight is 262 g/mol. The molecule has 0 unspecified atom stereocenters. The third-order valence-electron chi connectivity index (χ3n) is 3.90. The Balaban J connectivity index is 2.05. The van der Waals surface area contributed by atoms with Gasteiger partial charge < -0.3 is 15.8 Å². The summed E-state index contributed by atoms with van der Waals surface area (Å²) in [7, 11) is 0. The Hall–Kier alpha value is -1.39. The van der Waals surface area contributed by atoms with E-state index in [-0.39, 0.29) is 5.91 Å². The molecule has 0 aliphatic carbocycles. The van der Waals surface area contributed by atoms with Gasteiger partial charge in [0.1, 0.15) is 5.41 Å². The first-order valence-electron chi connectivity index (χ1n) is 6.61. The van der Waals surface area contributed by atoms with Crippen molar-refractivity contribution in [2.75, 3.05) is 19.8 Å². The summed E-state index contributed by atoms with van der Waals surface area (Å²) in [5.41, 5.74) is 10.0. The van der Waals surface area contributed by atoms with Crippen LogP contribution >= 0.6 is 0 Å². The van der Waals surface area contributed by atoms with Crippen molar-refractivity contribution in [2.24, 2.45) is 11.1 Å². The van der Waals surface area contributed by atoms with Crippen molar-refractivity contribution in [1.29, 1.82) is 0 Å². The minimum atomic E-state index is -0.507. The minimum absolute atomic E-state index is 0.000579. The zero-order chi connectivity index (χ0) is 14.0. The lowest BCUT2D eigenvalue weighted by molar-refractivity contribution is -0.159. The van der Waals surface area contributed by atoms with E-state index in [4.69, 9.17) is 10.5 Å². The van der Waals surface area contributed by atoms with E-state index in [0.717, 1.165) is 0 Å². The van der Waals surface area contributed by atoms with Crippen LogP contribution in [0.15, 0.2) is 12.1 Å². The fourth-order valence-electron chi connectivity index (χ4n) is 2.54. The number of aryl methyl sites for hydroxylation is 3. The largest absolute Gasteiger partial charge is 0.379 e. The van der Waals surface area contributed by atoms with Gasteiger partial charge in [0.15, 0.2) is 0 Å². The number of ether oxygens (including phenoxy) is 1. The zero-order valence-electron chi connectivity index (χ0n) is 11.9. The molecule has 0 saturated carbocycles. The standard InChI is InChI=1S/C15H22N2O2/c1-10-4-11(2)13(12(3)5-10)6-17-14(18)15(7-16)8-19-9-15/h4-5H,6-9,16H2,1-3H3,(H,17,18). The van der Waals surface area contributed by atoms with Gasteiger partial charge in [0.05, 0.1) is 13.2 Å². The molecule has 2 rings (SSSR count). The molecule has 104 valence electrons. The highest BCUT2D eigenvalue weighted by Gasteiger charge is 2.44. The monoisotopic (exact) mass is 262 g/mol. The van der Waals surface area contributed by atoms with Crippen molar-refractivity contribution >= 4 is 5.91 Å². The molecule has 0 bridgehead atoms. The molecule has 4 nitrogen and oxygen atoms in total. The molecule has 1 heterocycles. The van der Waals surface area contributed by atoms with Crippen LogP contribution in [0.5, 0.6) is 0 Å². The summed E-state index contributed by atoms with van der Waals surface area (Å²) >= 11 is 0. The second kappa shape index (κ2) is 5.31. The Bertz CT molecular complexity index is 464. The number of hydrogen-bond acceptors (Lipinski definition) is 3. The highest BCUT2D eigenvalue weighted by molar-refractivity contribution is 5.84. The Morgan fingerprint density at radius 3 is 2.32 bits per heavy atom. The number of nitrogens with one attached hydrogen (secondary N) is 1. The second-order valence-electron chi connectivity index (χ2n) is 5.54. The first-order valence-corrected chi connectivity index (χ1v) is 6.61. The smallest absolute Gasteiger partial charge is 0.232 e. The van der Waals surface area contributed by atoms with Gasteiger partial charge in [0.2, 0.25) is 5.91 Å². The summed E-state index contributed by atoms with van der Waals surface area (Å²) in [6, 6.07) is 4.28. The van der Waals surface area contributed by atoms with Crippen LogP contribution in [0.25, 0.3) is 0 Å². The molecule has 0 spiro atoms. The molecular weight excluding hydrogens is 240 g/mol. The molecule has 0 radical (unpaired) electrons. The number of nitrogens with two attached hydrogens (primary N) is 1. The van der Waals surface area contributed by atoms with Crippen molar-refractivity contribution in [3.8, 4) is 0 Å². The molecule has 1 aliphatic heterocycles. The normalized spacial score (nSPS) is 16.8. The molecule has 0 aromatic heterocycles. The van der Waals surface area contributed by atoms with E-state index in [1.165, 1.54) is 22.3 Å². The zero-order valence-corrected chi connectivity index (χ0v) is 11.9. The average Bonchev–Trinajstić information content (AvgIpc) is 2.26. The topological polar surface area (TPSA) is 64.4 Å². The lowest BCUT2D eigenvalue weighted by atomic mass is 9.85. The summed E-state index contributed by atoms with van der Waals surface area (Å²) in [5, 5.41) is 2.99. The number of amides is 1. The van der Waals surface area contributed by atoms with Crippen molar-refractivity contribution in [3.05, 3.63) is 34.4 Å². The SMILES string of the molecule is Cc1cc(C)c(CNC(=O)C2(CN)COC2)c(C)c1. The number of benzene rings is 1. The number of carbonyl (C=O) groups excluding carboxylic acids is 1. The van der Waals surface area contributed by atoms with E-state index in [1.807, 2.05) is 0 Å². The van der Waals surface area contributed by atoms with Crippen molar-refractivity contribution in [3.63, 3.8) is 0 Å². The summed E-state index contributed by atoms with van der Waals surface area (Å²) < 4.78 is 5.12. The van der Waals surface area contributed by atoms with Crippen LogP contribution < -0.4 is 11.1 Å². The van der Waals surface area contributed by atoms with Crippen LogP contribution in [-0.4, -0.2) is 25.7 Å². The molecule has 19 heavy (non-hydrogen) atoms. The van der Waals surface area contributed by atoms with Crippen molar-refractivity contribution in [2.45, 2.75) is 27.3 Å². The summed E-state index contributed by atoms with van der Waals surface area (Å²) in [4.78, 5) is 12.2. The van der Waals surface area contributed by atoms with Gasteiger partial charge in [-0.05, 0) is 37.5 Å². The molecule has 4 heteroatoms. The van der Waals surface area contributed by atoms with Crippen LogP contribution in [0, 0.1) is 26.2 Å². The molecule has 1 aromatic rings. The Morgan fingerprint density at radius 1 is 1.32 bits per heavy atom. The van der Waals surface area contributed by atoms with Crippen LogP contribution in [0.1, 0.15) is 22.3 Å². The number of carbonyl (C=O) groups is 1. The third-order valence-corrected chi connectivity index (χ3v) is 3.90. The second-order valence-corrected chi connectivity index (χ2v) is 5.54. The molecule has 1 fully saturated rings. The van der Waals surface area contributed by atoms with Crippen LogP contribution in [0.2, 0.25) is 0 Å². The van der Waals surface area contributed by atoms with Gasteiger partial charge in [-0.15, -0.1) is 0 Å². The van der Waals surface area contributed by atoms with Crippen LogP contribution in [-0.2, 0) is 16.1 Å². The molecule has 1 amide bonds. The third kappa shape index (κ3) is 2.65. The summed E-state index contributed by atoms with van der Waals surface area (Å²) in [6.07, 6.45) is 0. The predicted molar refractivity (Wildman–Crippen MR) is 74.8 cm³/mol. The molecule has 3 N–H and O–H groups in total. The maximum atomic E-state index is 12.2. The number of hydrogen-bond donors (Lipinski definition) is 2.